The molecule has 0 spiro atoms. The molecule has 0 saturated carbocycles. The van der Waals surface area contributed by atoms with Gasteiger partial charge in [0.2, 0.25) is 0 Å². The van der Waals surface area contributed by atoms with Crippen LogP contribution in [0.3, 0.4) is 0 Å². The molecule has 0 N–H and O–H groups in total. The smallest absolute Gasteiger partial charge is 0.186 e. The SMILES string of the molecule is Cc1cccc2c1SS(=O)N2C. The fourth-order valence-electron chi connectivity index (χ4n) is 1.20. The molecule has 1 aliphatic heterocycles. The topological polar surface area (TPSA) is 20.3 Å². The lowest BCUT2D eigenvalue weighted by molar-refractivity contribution is 0.691. The normalized spacial score (nSPS) is 21.2. The Labute approximate surface area is 77.9 Å². The van der Waals surface area contributed by atoms with E-state index < -0.39 is 10.0 Å². The molecule has 1 aromatic carbocycles. The number of benzene rings is 1. The van der Waals surface area contributed by atoms with Gasteiger partial charge < -0.3 is 0 Å². The summed E-state index contributed by atoms with van der Waals surface area (Å²) in [5.74, 6) is 0. The lowest BCUT2D eigenvalue weighted by atomic mass is 10.2. The number of hydrogen-bond donors (Lipinski definition) is 0. The van der Waals surface area contributed by atoms with Crippen molar-refractivity contribution in [2.24, 2.45) is 0 Å². The van der Waals surface area contributed by atoms with Crippen LogP contribution in [0.2, 0.25) is 0 Å². The minimum atomic E-state index is -0.924. The second kappa shape index (κ2) is 2.78. The van der Waals surface area contributed by atoms with Gasteiger partial charge in [-0.25, -0.2) is 4.21 Å². The average Bonchev–Trinajstić information content (AvgIpc) is 2.32. The summed E-state index contributed by atoms with van der Waals surface area (Å²) in [6.45, 7) is 2.04. The van der Waals surface area contributed by atoms with Gasteiger partial charge in [0.25, 0.3) is 0 Å². The van der Waals surface area contributed by atoms with Gasteiger partial charge in [-0.15, -0.1) is 0 Å². The first kappa shape index (κ1) is 8.13. The molecule has 0 saturated heterocycles. The maximum absolute atomic E-state index is 11.4. The number of hydrogen-bond acceptors (Lipinski definition) is 2. The second-order valence-electron chi connectivity index (χ2n) is 2.72. The number of aryl methyl sites for hydroxylation is 1. The number of anilines is 1. The molecule has 1 unspecified atom stereocenters. The zero-order valence-corrected chi connectivity index (χ0v) is 8.54. The molecule has 1 heterocycles. The van der Waals surface area contributed by atoms with Gasteiger partial charge in [0.15, 0.2) is 10.0 Å². The van der Waals surface area contributed by atoms with E-state index in [0.29, 0.717) is 0 Å². The Bertz CT molecular complexity index is 351. The van der Waals surface area contributed by atoms with Crippen molar-refractivity contribution in [3.8, 4) is 0 Å². The van der Waals surface area contributed by atoms with Gasteiger partial charge in [0.1, 0.15) is 0 Å². The van der Waals surface area contributed by atoms with Crippen LogP contribution in [0, 0.1) is 6.92 Å². The Kier molecular flexibility index (Phi) is 1.88. The lowest BCUT2D eigenvalue weighted by Crippen LogP contribution is -2.11. The van der Waals surface area contributed by atoms with Crippen LogP contribution in [0.25, 0.3) is 0 Å². The van der Waals surface area contributed by atoms with Crippen LogP contribution in [-0.4, -0.2) is 11.3 Å². The van der Waals surface area contributed by atoms with Crippen molar-refractivity contribution in [3.05, 3.63) is 23.8 Å². The molecule has 64 valence electrons. The lowest BCUT2D eigenvalue weighted by Gasteiger charge is -2.07. The summed E-state index contributed by atoms with van der Waals surface area (Å²) in [5.41, 5.74) is 2.29. The fourth-order valence-corrected chi connectivity index (χ4v) is 3.97. The molecule has 1 aromatic rings. The van der Waals surface area contributed by atoms with Crippen LogP contribution in [0.5, 0.6) is 0 Å². The van der Waals surface area contributed by atoms with Gasteiger partial charge in [-0.3, -0.25) is 4.31 Å². The van der Waals surface area contributed by atoms with Crippen molar-refractivity contribution in [1.82, 2.24) is 0 Å². The molecule has 0 amide bonds. The number of fused-ring (bicyclic) bond motifs is 1. The highest BCUT2D eigenvalue weighted by molar-refractivity contribution is 8.70. The fraction of sp³-hybridized carbons (Fsp3) is 0.250. The molecule has 1 aliphatic rings. The summed E-state index contributed by atoms with van der Waals surface area (Å²) in [6.07, 6.45) is 0. The Morgan fingerprint density at radius 1 is 1.50 bits per heavy atom. The van der Waals surface area contributed by atoms with Crippen molar-refractivity contribution in [1.29, 1.82) is 0 Å². The molecule has 2 rings (SSSR count). The first-order valence-corrected chi connectivity index (χ1v) is 6.07. The monoisotopic (exact) mass is 199 g/mol. The zero-order chi connectivity index (χ0) is 8.72. The van der Waals surface area contributed by atoms with Gasteiger partial charge in [-0.2, -0.15) is 0 Å². The van der Waals surface area contributed by atoms with Crippen LogP contribution in [0.15, 0.2) is 23.1 Å². The second-order valence-corrected chi connectivity index (χ2v) is 5.63. The van der Waals surface area contributed by atoms with Gasteiger partial charge in [-0.05, 0) is 29.3 Å². The molecular formula is C8H9NOS2. The van der Waals surface area contributed by atoms with Crippen molar-refractivity contribution in [2.45, 2.75) is 11.8 Å². The summed E-state index contributed by atoms with van der Waals surface area (Å²) < 4.78 is 13.2. The first-order valence-electron chi connectivity index (χ1n) is 3.63. The van der Waals surface area contributed by atoms with Crippen LogP contribution < -0.4 is 4.31 Å². The number of nitrogens with zero attached hydrogens (tertiary/aromatic N) is 1. The van der Waals surface area contributed by atoms with Gasteiger partial charge >= 0.3 is 0 Å². The third kappa shape index (κ3) is 1.06. The van der Waals surface area contributed by atoms with Crippen LogP contribution >= 0.6 is 10.8 Å². The van der Waals surface area contributed by atoms with E-state index in [1.54, 1.807) is 4.31 Å². The maximum Gasteiger partial charge on any atom is 0.186 e. The molecule has 0 aliphatic carbocycles. The molecule has 12 heavy (non-hydrogen) atoms. The molecule has 0 bridgehead atoms. The Morgan fingerprint density at radius 3 is 2.92 bits per heavy atom. The molecule has 0 fully saturated rings. The first-order chi connectivity index (χ1) is 5.70. The van der Waals surface area contributed by atoms with Gasteiger partial charge in [0, 0.05) is 11.9 Å². The largest absolute Gasteiger partial charge is 0.285 e. The van der Waals surface area contributed by atoms with Crippen molar-refractivity contribution >= 4 is 26.5 Å². The Morgan fingerprint density at radius 2 is 2.25 bits per heavy atom. The van der Waals surface area contributed by atoms with E-state index in [9.17, 15) is 4.21 Å². The zero-order valence-electron chi connectivity index (χ0n) is 6.90. The van der Waals surface area contributed by atoms with Crippen LogP contribution in [-0.2, 0) is 10.0 Å². The minimum absolute atomic E-state index is 0.924. The standard InChI is InChI=1S/C8H9NOS2/c1-6-4-3-5-7-8(6)11-12(10)9(7)2/h3-5H,1-2H3. The highest BCUT2D eigenvalue weighted by Crippen LogP contribution is 2.42. The Hall–Kier alpha value is -0.480. The third-order valence-corrected chi connectivity index (χ3v) is 4.99. The molecular weight excluding hydrogens is 190 g/mol. The van der Waals surface area contributed by atoms with Gasteiger partial charge in [-0.1, -0.05) is 12.1 Å². The van der Waals surface area contributed by atoms with E-state index in [1.165, 1.54) is 16.4 Å². The summed E-state index contributed by atoms with van der Waals surface area (Å²) in [6, 6.07) is 6.04. The maximum atomic E-state index is 11.4. The average molecular weight is 199 g/mol. The predicted molar refractivity (Wildman–Crippen MR) is 53.6 cm³/mol. The minimum Gasteiger partial charge on any atom is -0.285 e. The van der Waals surface area contributed by atoms with Crippen LogP contribution in [0.1, 0.15) is 5.56 Å². The van der Waals surface area contributed by atoms with E-state index >= 15 is 0 Å². The third-order valence-electron chi connectivity index (χ3n) is 1.91. The van der Waals surface area contributed by atoms with E-state index in [-0.39, 0.29) is 0 Å². The molecule has 0 radical (unpaired) electrons. The highest BCUT2D eigenvalue weighted by atomic mass is 33.1. The summed E-state index contributed by atoms with van der Waals surface area (Å²) in [5, 5.41) is 0. The van der Waals surface area contributed by atoms with E-state index in [2.05, 4.69) is 0 Å². The summed E-state index contributed by atoms with van der Waals surface area (Å²) >= 11 is 0. The molecule has 2 nitrogen and oxygen atoms in total. The molecule has 0 aromatic heterocycles. The van der Waals surface area contributed by atoms with Crippen molar-refractivity contribution in [2.75, 3.05) is 11.4 Å². The van der Waals surface area contributed by atoms with Crippen molar-refractivity contribution in [3.63, 3.8) is 0 Å². The predicted octanol–water partition coefficient (Wildman–Crippen LogP) is 2.12. The van der Waals surface area contributed by atoms with E-state index in [1.807, 2.05) is 32.2 Å². The summed E-state index contributed by atoms with van der Waals surface area (Å²) in [4.78, 5) is 1.15. The van der Waals surface area contributed by atoms with E-state index in [0.717, 1.165) is 10.6 Å². The van der Waals surface area contributed by atoms with Crippen molar-refractivity contribution < 1.29 is 4.21 Å². The summed E-state index contributed by atoms with van der Waals surface area (Å²) in [7, 11) is 2.36. The van der Waals surface area contributed by atoms with E-state index in [4.69, 9.17) is 0 Å². The van der Waals surface area contributed by atoms with Crippen LogP contribution in [0.4, 0.5) is 5.69 Å². The molecule has 4 heteroatoms. The quantitative estimate of drug-likeness (QED) is 0.596. The number of rotatable bonds is 0. The Balaban J connectivity index is 2.60. The highest BCUT2D eigenvalue weighted by Gasteiger charge is 2.24. The van der Waals surface area contributed by atoms with Gasteiger partial charge in [0.05, 0.1) is 5.69 Å². The molecule has 1 atom stereocenters.